The average molecular weight is 320 g/mol. The van der Waals surface area contributed by atoms with Crippen LogP contribution in [0.15, 0.2) is 30.3 Å². The van der Waals surface area contributed by atoms with E-state index in [-0.39, 0.29) is 18.9 Å². The molecule has 0 spiro atoms. The molecule has 0 aliphatic carbocycles. The van der Waals surface area contributed by atoms with Crippen LogP contribution >= 0.6 is 0 Å². The number of nitrogens with zero attached hydrogens (tertiary/aromatic N) is 2. The highest BCUT2D eigenvalue weighted by Crippen LogP contribution is 2.29. The zero-order valence-corrected chi connectivity index (χ0v) is 13.0. The predicted molar refractivity (Wildman–Crippen MR) is 82.8 cm³/mol. The summed E-state index contributed by atoms with van der Waals surface area (Å²) in [6.07, 6.45) is 0.660. The van der Waals surface area contributed by atoms with Crippen LogP contribution in [0.25, 0.3) is 0 Å². The fraction of sp³-hybridized carbons (Fsp3) is 0.529. The third kappa shape index (κ3) is 3.37. The Morgan fingerprint density at radius 2 is 1.74 bits per heavy atom. The van der Waals surface area contributed by atoms with Crippen molar-refractivity contribution in [2.24, 2.45) is 0 Å². The molecular formula is C17H21FN2O3. The lowest BCUT2D eigenvalue weighted by molar-refractivity contribution is -0.151. The number of carbonyl (C=O) groups is 2. The van der Waals surface area contributed by atoms with Gasteiger partial charge in [0, 0.05) is 25.2 Å². The summed E-state index contributed by atoms with van der Waals surface area (Å²) in [6.45, 7) is 2.02. The minimum absolute atomic E-state index is 0.168. The van der Waals surface area contributed by atoms with Crippen molar-refractivity contribution < 1.29 is 18.7 Å². The molecule has 124 valence electrons. The van der Waals surface area contributed by atoms with Crippen molar-refractivity contribution in [1.82, 2.24) is 9.80 Å². The first-order valence-electron chi connectivity index (χ1n) is 8.00. The van der Waals surface area contributed by atoms with E-state index in [1.165, 1.54) is 9.80 Å². The van der Waals surface area contributed by atoms with E-state index < -0.39 is 11.6 Å². The minimum atomic E-state index is -1.99. The SMILES string of the molecule is O=C(c1ccccc1)N1CCCC(F)(C(=O)N2CCOCC2)C1. The molecule has 1 atom stereocenters. The predicted octanol–water partition coefficient (Wildman–Crippen LogP) is 1.49. The van der Waals surface area contributed by atoms with Crippen LogP contribution in [0.3, 0.4) is 0 Å². The van der Waals surface area contributed by atoms with Crippen molar-refractivity contribution in [3.63, 3.8) is 0 Å². The molecule has 1 aromatic carbocycles. The van der Waals surface area contributed by atoms with Crippen LogP contribution in [0.5, 0.6) is 0 Å². The van der Waals surface area contributed by atoms with Gasteiger partial charge in [0.25, 0.3) is 11.8 Å². The zero-order chi connectivity index (χ0) is 16.3. The molecule has 0 saturated carbocycles. The fourth-order valence-corrected chi connectivity index (χ4v) is 3.17. The molecule has 2 aliphatic heterocycles. The van der Waals surface area contributed by atoms with E-state index in [0.717, 1.165) is 0 Å². The molecule has 0 bridgehead atoms. The first kappa shape index (κ1) is 15.9. The Hall–Kier alpha value is -1.95. The highest BCUT2D eigenvalue weighted by atomic mass is 19.1. The normalized spacial score (nSPS) is 25.3. The summed E-state index contributed by atoms with van der Waals surface area (Å²) in [5, 5.41) is 0. The number of rotatable bonds is 2. The second-order valence-electron chi connectivity index (χ2n) is 6.07. The van der Waals surface area contributed by atoms with Gasteiger partial charge in [0.2, 0.25) is 5.67 Å². The van der Waals surface area contributed by atoms with Crippen LogP contribution in [0.1, 0.15) is 23.2 Å². The average Bonchev–Trinajstić information content (AvgIpc) is 2.62. The van der Waals surface area contributed by atoms with Crippen molar-refractivity contribution in [2.45, 2.75) is 18.5 Å². The van der Waals surface area contributed by atoms with Crippen LogP contribution < -0.4 is 0 Å². The van der Waals surface area contributed by atoms with E-state index >= 15 is 4.39 Å². The first-order chi connectivity index (χ1) is 11.1. The summed E-state index contributed by atoms with van der Waals surface area (Å²) >= 11 is 0. The van der Waals surface area contributed by atoms with Crippen LogP contribution in [0.2, 0.25) is 0 Å². The van der Waals surface area contributed by atoms with Crippen LogP contribution in [0, 0.1) is 0 Å². The molecular weight excluding hydrogens is 299 g/mol. The number of halogens is 1. The number of alkyl halides is 1. The smallest absolute Gasteiger partial charge is 0.262 e. The van der Waals surface area contributed by atoms with E-state index in [0.29, 0.717) is 44.8 Å². The summed E-state index contributed by atoms with van der Waals surface area (Å²) in [4.78, 5) is 28.0. The Balaban J connectivity index is 1.71. The van der Waals surface area contributed by atoms with Crippen molar-refractivity contribution in [3.05, 3.63) is 35.9 Å². The standard InChI is InChI=1S/C17H21FN2O3/c18-17(16(22)19-9-11-23-12-10-19)7-4-8-20(13-17)15(21)14-5-2-1-3-6-14/h1-3,5-6H,4,7-13H2. The van der Waals surface area contributed by atoms with Crippen LogP contribution in [0.4, 0.5) is 4.39 Å². The molecule has 0 radical (unpaired) electrons. The van der Waals surface area contributed by atoms with Gasteiger partial charge in [-0.2, -0.15) is 0 Å². The molecule has 2 saturated heterocycles. The fourth-order valence-electron chi connectivity index (χ4n) is 3.17. The lowest BCUT2D eigenvalue weighted by Crippen LogP contribution is -2.58. The highest BCUT2D eigenvalue weighted by molar-refractivity contribution is 5.95. The zero-order valence-electron chi connectivity index (χ0n) is 13.0. The van der Waals surface area contributed by atoms with Crippen molar-refractivity contribution in [3.8, 4) is 0 Å². The number of amides is 2. The third-order valence-electron chi connectivity index (χ3n) is 4.43. The van der Waals surface area contributed by atoms with Gasteiger partial charge in [-0.15, -0.1) is 0 Å². The minimum Gasteiger partial charge on any atom is -0.378 e. The van der Waals surface area contributed by atoms with E-state index in [1.807, 2.05) is 6.07 Å². The maximum absolute atomic E-state index is 15.3. The summed E-state index contributed by atoms with van der Waals surface area (Å²) < 4.78 is 20.5. The number of carbonyl (C=O) groups excluding carboxylic acids is 2. The molecule has 6 heteroatoms. The number of piperidine rings is 1. The lowest BCUT2D eigenvalue weighted by Gasteiger charge is -2.40. The molecule has 0 aromatic heterocycles. The van der Waals surface area contributed by atoms with Gasteiger partial charge in [-0.25, -0.2) is 4.39 Å². The first-order valence-corrected chi connectivity index (χ1v) is 8.00. The topological polar surface area (TPSA) is 49.9 Å². The maximum Gasteiger partial charge on any atom is 0.262 e. The Bertz CT molecular complexity index is 574. The molecule has 2 amide bonds. The Morgan fingerprint density at radius 1 is 1.04 bits per heavy atom. The van der Waals surface area contributed by atoms with E-state index in [1.54, 1.807) is 24.3 Å². The highest BCUT2D eigenvalue weighted by Gasteiger charge is 2.46. The monoisotopic (exact) mass is 320 g/mol. The summed E-state index contributed by atoms with van der Waals surface area (Å²) in [5.74, 6) is -0.728. The van der Waals surface area contributed by atoms with Gasteiger partial charge >= 0.3 is 0 Å². The molecule has 2 heterocycles. The second kappa shape index (κ2) is 6.66. The van der Waals surface area contributed by atoms with Crippen LogP contribution in [-0.2, 0) is 9.53 Å². The quantitative estimate of drug-likeness (QED) is 0.829. The summed E-state index contributed by atoms with van der Waals surface area (Å²) in [6, 6.07) is 8.80. The maximum atomic E-state index is 15.3. The Kier molecular flexibility index (Phi) is 4.61. The Labute approximate surface area is 135 Å². The Morgan fingerprint density at radius 3 is 2.43 bits per heavy atom. The number of hydrogen-bond donors (Lipinski definition) is 0. The lowest BCUT2D eigenvalue weighted by atomic mass is 9.92. The largest absolute Gasteiger partial charge is 0.378 e. The molecule has 3 rings (SSSR count). The number of benzene rings is 1. The second-order valence-corrected chi connectivity index (χ2v) is 6.07. The molecule has 0 N–H and O–H groups in total. The molecule has 1 aromatic rings. The summed E-state index contributed by atoms with van der Waals surface area (Å²) in [5.41, 5.74) is -1.46. The van der Waals surface area contributed by atoms with Crippen LogP contribution in [-0.4, -0.2) is 66.7 Å². The van der Waals surface area contributed by atoms with E-state index in [9.17, 15) is 9.59 Å². The summed E-state index contributed by atoms with van der Waals surface area (Å²) in [7, 11) is 0. The van der Waals surface area contributed by atoms with Gasteiger partial charge in [0.15, 0.2) is 0 Å². The molecule has 5 nitrogen and oxygen atoms in total. The van der Waals surface area contributed by atoms with Gasteiger partial charge < -0.3 is 14.5 Å². The molecule has 2 aliphatic rings. The van der Waals surface area contributed by atoms with Gasteiger partial charge in [-0.3, -0.25) is 9.59 Å². The molecule has 23 heavy (non-hydrogen) atoms. The van der Waals surface area contributed by atoms with Crippen molar-refractivity contribution in [2.75, 3.05) is 39.4 Å². The van der Waals surface area contributed by atoms with Crippen molar-refractivity contribution >= 4 is 11.8 Å². The van der Waals surface area contributed by atoms with Gasteiger partial charge in [0.1, 0.15) is 0 Å². The van der Waals surface area contributed by atoms with Crippen molar-refractivity contribution in [1.29, 1.82) is 0 Å². The van der Waals surface area contributed by atoms with Gasteiger partial charge in [0.05, 0.1) is 19.8 Å². The van der Waals surface area contributed by atoms with Gasteiger partial charge in [-0.1, -0.05) is 18.2 Å². The number of morpholine rings is 1. The molecule has 1 unspecified atom stereocenters. The number of ether oxygens (including phenoxy) is 1. The number of likely N-dealkylation sites (tertiary alicyclic amines) is 1. The van der Waals surface area contributed by atoms with E-state index in [4.69, 9.17) is 4.74 Å². The third-order valence-corrected chi connectivity index (χ3v) is 4.43. The number of hydrogen-bond acceptors (Lipinski definition) is 3. The van der Waals surface area contributed by atoms with Gasteiger partial charge in [-0.05, 0) is 25.0 Å². The molecule has 2 fully saturated rings. The van der Waals surface area contributed by atoms with E-state index in [2.05, 4.69) is 0 Å².